The van der Waals surface area contributed by atoms with E-state index in [-0.39, 0.29) is 17.7 Å². The van der Waals surface area contributed by atoms with Gasteiger partial charge in [-0.15, -0.1) is 0 Å². The number of hydrogen-bond acceptors (Lipinski definition) is 3. The molecular formula is C15H21F2NO2S. The van der Waals surface area contributed by atoms with E-state index >= 15 is 4.39 Å². The monoisotopic (exact) mass is 317 g/mol. The van der Waals surface area contributed by atoms with Crippen LogP contribution in [0.2, 0.25) is 0 Å². The Bertz CT molecular complexity index is 620. The van der Waals surface area contributed by atoms with Gasteiger partial charge in [-0.1, -0.05) is 6.07 Å². The average molecular weight is 317 g/mol. The zero-order chi connectivity index (χ0) is 15.9. The lowest BCUT2D eigenvalue weighted by molar-refractivity contribution is 0.0390. The van der Waals surface area contributed by atoms with Crippen molar-refractivity contribution >= 4 is 9.84 Å². The topological polar surface area (TPSA) is 37.4 Å². The second-order valence-corrected chi connectivity index (χ2v) is 8.74. The molecule has 0 spiro atoms. The van der Waals surface area contributed by atoms with Crippen LogP contribution in [0.1, 0.15) is 26.7 Å². The molecule has 1 aromatic carbocycles. The number of halogens is 2. The highest BCUT2D eigenvalue weighted by Gasteiger charge is 2.55. The second kappa shape index (κ2) is 5.32. The molecular weight excluding hydrogens is 296 g/mol. The van der Waals surface area contributed by atoms with Crippen LogP contribution in [0, 0.1) is 5.82 Å². The van der Waals surface area contributed by atoms with Gasteiger partial charge in [0.15, 0.2) is 9.84 Å². The summed E-state index contributed by atoms with van der Waals surface area (Å²) in [6, 6.07) is 4.78. The number of hydrogen-bond donors (Lipinski definition) is 0. The largest absolute Gasteiger partial charge is 0.306 e. The van der Waals surface area contributed by atoms with Crippen LogP contribution in [0.5, 0.6) is 0 Å². The van der Waals surface area contributed by atoms with Crippen LogP contribution < -0.4 is 0 Å². The van der Waals surface area contributed by atoms with Crippen LogP contribution in [0.25, 0.3) is 0 Å². The molecule has 0 amide bonds. The molecule has 0 radical (unpaired) electrons. The van der Waals surface area contributed by atoms with E-state index in [0.717, 1.165) is 6.07 Å². The number of benzene rings is 1. The maximum atomic E-state index is 15.3. The van der Waals surface area contributed by atoms with Crippen molar-refractivity contribution in [1.29, 1.82) is 0 Å². The second-order valence-electron chi connectivity index (χ2n) is 6.24. The zero-order valence-electron chi connectivity index (χ0n) is 12.6. The van der Waals surface area contributed by atoms with Gasteiger partial charge in [0.25, 0.3) is 0 Å². The molecule has 0 aliphatic carbocycles. The minimum Gasteiger partial charge on any atom is -0.306 e. The van der Waals surface area contributed by atoms with Crippen molar-refractivity contribution in [2.45, 2.75) is 42.0 Å². The van der Waals surface area contributed by atoms with E-state index < -0.39 is 26.1 Å². The molecule has 21 heavy (non-hydrogen) atoms. The standard InChI is InChI=1S/C15H21F2NO2S/c1-14(2,15(17)7-9-18(3)10-8-15)21(19,20)13-6-4-5-12(16)11-13/h4-6,11H,7-10H2,1-3H3. The summed E-state index contributed by atoms with van der Waals surface area (Å²) in [7, 11) is -2.09. The number of nitrogens with zero attached hydrogens (tertiary/aromatic N) is 1. The van der Waals surface area contributed by atoms with Gasteiger partial charge in [0.1, 0.15) is 16.2 Å². The molecule has 1 saturated heterocycles. The lowest BCUT2D eigenvalue weighted by Crippen LogP contribution is -2.56. The first-order chi connectivity index (χ1) is 9.60. The predicted octanol–water partition coefficient (Wildman–Crippen LogP) is 2.81. The summed E-state index contributed by atoms with van der Waals surface area (Å²) >= 11 is 0. The third-order valence-corrected chi connectivity index (χ3v) is 7.22. The molecule has 0 saturated carbocycles. The van der Waals surface area contributed by atoms with E-state index in [0.29, 0.717) is 13.1 Å². The highest BCUT2D eigenvalue weighted by Crippen LogP contribution is 2.43. The third-order valence-electron chi connectivity index (χ3n) is 4.64. The molecule has 118 valence electrons. The Hall–Kier alpha value is -1.01. The number of likely N-dealkylation sites (tertiary alicyclic amines) is 1. The third kappa shape index (κ3) is 2.71. The number of rotatable bonds is 3. The van der Waals surface area contributed by atoms with E-state index in [1.165, 1.54) is 32.0 Å². The molecule has 0 aromatic heterocycles. The van der Waals surface area contributed by atoms with Gasteiger partial charge in [-0.3, -0.25) is 0 Å². The summed E-state index contributed by atoms with van der Waals surface area (Å²) < 4.78 is 52.6. The molecule has 0 unspecified atom stereocenters. The van der Waals surface area contributed by atoms with Gasteiger partial charge >= 0.3 is 0 Å². The molecule has 1 aromatic rings. The Kier molecular flexibility index (Phi) is 4.14. The number of piperidine rings is 1. The van der Waals surface area contributed by atoms with Crippen molar-refractivity contribution in [3.63, 3.8) is 0 Å². The predicted molar refractivity (Wildman–Crippen MR) is 78.2 cm³/mol. The van der Waals surface area contributed by atoms with Crippen molar-refractivity contribution in [2.75, 3.05) is 20.1 Å². The summed E-state index contributed by atoms with van der Waals surface area (Å²) in [5.74, 6) is -0.636. The van der Waals surface area contributed by atoms with Crippen LogP contribution in [-0.2, 0) is 9.84 Å². The van der Waals surface area contributed by atoms with Gasteiger partial charge in [-0.05, 0) is 51.9 Å². The Balaban J connectivity index is 2.42. The summed E-state index contributed by atoms with van der Waals surface area (Å²) in [4.78, 5) is 1.81. The minimum absolute atomic E-state index is 0.158. The van der Waals surface area contributed by atoms with Crippen LogP contribution >= 0.6 is 0 Å². The van der Waals surface area contributed by atoms with E-state index in [4.69, 9.17) is 0 Å². The van der Waals surface area contributed by atoms with E-state index in [1.54, 1.807) is 0 Å². The molecule has 1 fully saturated rings. The molecule has 1 heterocycles. The Labute approximate surface area is 124 Å². The van der Waals surface area contributed by atoms with E-state index in [2.05, 4.69) is 0 Å². The van der Waals surface area contributed by atoms with Gasteiger partial charge in [0, 0.05) is 13.1 Å². The maximum Gasteiger partial charge on any atom is 0.186 e. The smallest absolute Gasteiger partial charge is 0.186 e. The molecule has 1 aliphatic rings. The minimum atomic E-state index is -3.97. The molecule has 1 aliphatic heterocycles. The quantitative estimate of drug-likeness (QED) is 0.860. The van der Waals surface area contributed by atoms with Crippen LogP contribution in [0.3, 0.4) is 0 Å². The first kappa shape index (κ1) is 16.4. The molecule has 3 nitrogen and oxygen atoms in total. The fourth-order valence-electron chi connectivity index (χ4n) is 2.74. The first-order valence-corrected chi connectivity index (χ1v) is 8.46. The molecule has 0 atom stereocenters. The maximum absolute atomic E-state index is 15.3. The average Bonchev–Trinajstić information content (AvgIpc) is 2.42. The SMILES string of the molecule is CN1CCC(F)(C(C)(C)S(=O)(=O)c2cccc(F)c2)CC1. The Morgan fingerprint density at radius 2 is 1.81 bits per heavy atom. The summed E-state index contributed by atoms with van der Waals surface area (Å²) in [5.41, 5.74) is -1.81. The van der Waals surface area contributed by atoms with Gasteiger partial charge in [-0.25, -0.2) is 17.2 Å². The molecule has 2 rings (SSSR count). The van der Waals surface area contributed by atoms with Gasteiger partial charge in [0.05, 0.1) is 4.90 Å². The zero-order valence-corrected chi connectivity index (χ0v) is 13.4. The highest BCUT2D eigenvalue weighted by molar-refractivity contribution is 7.92. The number of alkyl halides is 1. The van der Waals surface area contributed by atoms with Crippen molar-refractivity contribution in [3.05, 3.63) is 30.1 Å². The highest BCUT2D eigenvalue weighted by atomic mass is 32.2. The van der Waals surface area contributed by atoms with Crippen molar-refractivity contribution < 1.29 is 17.2 Å². The molecule has 0 N–H and O–H groups in total. The van der Waals surface area contributed by atoms with Crippen molar-refractivity contribution in [3.8, 4) is 0 Å². The van der Waals surface area contributed by atoms with Crippen LogP contribution in [0.4, 0.5) is 8.78 Å². The Morgan fingerprint density at radius 3 is 2.33 bits per heavy atom. The first-order valence-electron chi connectivity index (χ1n) is 6.98. The summed E-state index contributed by atoms with van der Waals surface area (Å²) in [5, 5.41) is 0. The van der Waals surface area contributed by atoms with Gasteiger partial charge in [0.2, 0.25) is 0 Å². The van der Waals surface area contributed by atoms with Crippen LogP contribution in [-0.4, -0.2) is 43.9 Å². The number of sulfone groups is 1. The molecule has 6 heteroatoms. The lowest BCUT2D eigenvalue weighted by Gasteiger charge is -2.44. The van der Waals surface area contributed by atoms with Gasteiger partial charge < -0.3 is 4.90 Å². The Morgan fingerprint density at radius 1 is 1.24 bits per heavy atom. The summed E-state index contributed by atoms with van der Waals surface area (Å²) in [6.45, 7) is 3.83. The fraction of sp³-hybridized carbons (Fsp3) is 0.600. The fourth-order valence-corrected chi connectivity index (χ4v) is 4.55. The van der Waals surface area contributed by atoms with Crippen molar-refractivity contribution in [1.82, 2.24) is 4.90 Å². The van der Waals surface area contributed by atoms with E-state index in [9.17, 15) is 12.8 Å². The normalized spacial score (nSPS) is 20.4. The summed E-state index contributed by atoms with van der Waals surface area (Å²) in [6.07, 6.45) is 0.316. The lowest BCUT2D eigenvalue weighted by atomic mass is 9.82. The van der Waals surface area contributed by atoms with Gasteiger partial charge in [-0.2, -0.15) is 0 Å². The molecule has 0 bridgehead atoms. The van der Waals surface area contributed by atoms with Crippen LogP contribution in [0.15, 0.2) is 29.2 Å². The van der Waals surface area contributed by atoms with E-state index in [1.807, 2.05) is 11.9 Å². The van der Waals surface area contributed by atoms with Crippen molar-refractivity contribution in [2.24, 2.45) is 0 Å².